The van der Waals surface area contributed by atoms with Gasteiger partial charge in [0.15, 0.2) is 0 Å². The zero-order valence-electron chi connectivity index (χ0n) is 6.88. The van der Waals surface area contributed by atoms with E-state index in [0.717, 1.165) is 18.5 Å². The van der Waals surface area contributed by atoms with Crippen molar-refractivity contribution >= 4 is 11.6 Å². The Morgan fingerprint density at radius 2 is 2.25 bits per heavy atom. The van der Waals surface area contributed by atoms with E-state index in [-0.39, 0.29) is 5.60 Å². The van der Waals surface area contributed by atoms with Crippen molar-refractivity contribution in [3.8, 4) is 0 Å². The van der Waals surface area contributed by atoms with E-state index in [0.29, 0.717) is 5.02 Å². The van der Waals surface area contributed by atoms with Crippen molar-refractivity contribution in [1.82, 2.24) is 4.98 Å². The van der Waals surface area contributed by atoms with E-state index in [1.54, 1.807) is 13.3 Å². The molecule has 0 aromatic carbocycles. The second-order valence-electron chi connectivity index (χ2n) is 3.06. The van der Waals surface area contributed by atoms with Crippen LogP contribution >= 0.6 is 11.6 Å². The summed E-state index contributed by atoms with van der Waals surface area (Å²) < 4.78 is 5.37. The zero-order valence-corrected chi connectivity index (χ0v) is 7.64. The molecule has 1 saturated carbocycles. The van der Waals surface area contributed by atoms with Crippen LogP contribution in [0, 0.1) is 0 Å². The quantitative estimate of drug-likeness (QED) is 0.703. The van der Waals surface area contributed by atoms with Crippen LogP contribution in [0.25, 0.3) is 0 Å². The number of halogens is 1. The topological polar surface area (TPSA) is 22.1 Å². The number of pyridine rings is 1. The van der Waals surface area contributed by atoms with Crippen LogP contribution < -0.4 is 0 Å². The molecule has 1 aromatic rings. The summed E-state index contributed by atoms with van der Waals surface area (Å²) >= 11 is 5.72. The molecule has 12 heavy (non-hydrogen) atoms. The number of hydrogen-bond donors (Lipinski definition) is 0. The second kappa shape index (κ2) is 2.71. The van der Waals surface area contributed by atoms with Crippen LogP contribution in [0.15, 0.2) is 18.3 Å². The van der Waals surface area contributed by atoms with Crippen LogP contribution in [0.4, 0.5) is 0 Å². The highest BCUT2D eigenvalue weighted by Crippen LogP contribution is 2.47. The summed E-state index contributed by atoms with van der Waals surface area (Å²) in [7, 11) is 1.73. The van der Waals surface area contributed by atoms with Gasteiger partial charge in [0.2, 0.25) is 0 Å². The molecule has 3 heteroatoms. The van der Waals surface area contributed by atoms with Gasteiger partial charge in [0, 0.05) is 13.3 Å². The molecule has 1 fully saturated rings. The first kappa shape index (κ1) is 8.02. The largest absolute Gasteiger partial charge is 0.372 e. The molecule has 1 heterocycles. The first-order valence-corrected chi connectivity index (χ1v) is 4.32. The number of aromatic nitrogens is 1. The minimum atomic E-state index is -0.0927. The van der Waals surface area contributed by atoms with E-state index in [4.69, 9.17) is 16.3 Å². The lowest BCUT2D eigenvalue weighted by atomic mass is 10.2. The second-order valence-corrected chi connectivity index (χ2v) is 3.50. The lowest BCUT2D eigenvalue weighted by molar-refractivity contribution is 0.0752. The van der Waals surface area contributed by atoms with E-state index in [2.05, 4.69) is 4.98 Å². The van der Waals surface area contributed by atoms with Gasteiger partial charge in [-0.15, -0.1) is 0 Å². The normalized spacial score (nSPS) is 19.2. The smallest absolute Gasteiger partial charge is 0.110 e. The van der Waals surface area contributed by atoms with E-state index < -0.39 is 0 Å². The fraction of sp³-hybridized carbons (Fsp3) is 0.444. The summed E-state index contributed by atoms with van der Waals surface area (Å²) in [5.41, 5.74) is 0.902. The third-order valence-corrected chi connectivity index (χ3v) is 2.51. The van der Waals surface area contributed by atoms with Crippen LogP contribution in [0.2, 0.25) is 5.02 Å². The highest BCUT2D eigenvalue weighted by atomic mass is 35.5. The van der Waals surface area contributed by atoms with Crippen molar-refractivity contribution in [2.75, 3.05) is 7.11 Å². The molecule has 0 unspecified atom stereocenters. The van der Waals surface area contributed by atoms with Gasteiger partial charge in [-0.05, 0) is 25.0 Å². The van der Waals surface area contributed by atoms with Gasteiger partial charge in [-0.2, -0.15) is 0 Å². The maximum absolute atomic E-state index is 5.72. The Bertz CT molecular complexity index is 279. The fourth-order valence-electron chi connectivity index (χ4n) is 1.32. The maximum Gasteiger partial charge on any atom is 0.110 e. The third kappa shape index (κ3) is 1.21. The van der Waals surface area contributed by atoms with Crippen LogP contribution in [0.1, 0.15) is 18.5 Å². The van der Waals surface area contributed by atoms with Gasteiger partial charge in [0.1, 0.15) is 5.60 Å². The third-order valence-electron chi connectivity index (χ3n) is 2.29. The predicted molar refractivity (Wildman–Crippen MR) is 47.2 cm³/mol. The van der Waals surface area contributed by atoms with Gasteiger partial charge < -0.3 is 4.74 Å². The maximum atomic E-state index is 5.72. The molecule has 1 aliphatic carbocycles. The predicted octanol–water partition coefficient (Wildman–Crippen LogP) is 2.37. The lowest BCUT2D eigenvalue weighted by Crippen LogP contribution is -2.10. The Labute approximate surface area is 76.5 Å². The van der Waals surface area contributed by atoms with Crippen molar-refractivity contribution in [2.24, 2.45) is 0 Å². The Morgan fingerprint density at radius 3 is 2.67 bits per heavy atom. The minimum Gasteiger partial charge on any atom is -0.372 e. The molecule has 0 N–H and O–H groups in total. The van der Waals surface area contributed by atoms with Crippen molar-refractivity contribution in [3.63, 3.8) is 0 Å². The Kier molecular flexibility index (Phi) is 1.81. The van der Waals surface area contributed by atoms with Crippen molar-refractivity contribution in [3.05, 3.63) is 29.0 Å². The Balaban J connectivity index is 2.29. The average Bonchev–Trinajstić information content (AvgIpc) is 2.86. The summed E-state index contributed by atoms with van der Waals surface area (Å²) in [5.74, 6) is 0. The highest BCUT2D eigenvalue weighted by Gasteiger charge is 2.45. The van der Waals surface area contributed by atoms with Gasteiger partial charge in [0.25, 0.3) is 0 Å². The minimum absolute atomic E-state index is 0.0927. The molecule has 2 nitrogen and oxygen atoms in total. The molecule has 1 aliphatic rings. The molecule has 1 aromatic heterocycles. The monoisotopic (exact) mass is 183 g/mol. The summed E-state index contributed by atoms with van der Waals surface area (Å²) in [4.78, 5) is 4.23. The molecular weight excluding hydrogens is 174 g/mol. The van der Waals surface area contributed by atoms with Gasteiger partial charge >= 0.3 is 0 Å². The van der Waals surface area contributed by atoms with Crippen LogP contribution in [0.5, 0.6) is 0 Å². The summed E-state index contributed by atoms with van der Waals surface area (Å²) in [6.45, 7) is 0. The lowest BCUT2D eigenvalue weighted by Gasteiger charge is -2.11. The fourth-order valence-corrected chi connectivity index (χ4v) is 1.44. The standard InChI is InChI=1S/C9H10ClNO/c1-12-9(4-5-9)8-3-2-7(10)6-11-8/h2-3,6H,4-5H2,1H3. The van der Waals surface area contributed by atoms with Gasteiger partial charge in [0.05, 0.1) is 10.7 Å². The average molecular weight is 184 g/mol. The highest BCUT2D eigenvalue weighted by molar-refractivity contribution is 6.30. The van der Waals surface area contributed by atoms with E-state index in [1.165, 1.54) is 0 Å². The van der Waals surface area contributed by atoms with Gasteiger partial charge in [-0.3, -0.25) is 4.98 Å². The molecule has 64 valence electrons. The molecule has 0 bridgehead atoms. The molecule has 2 rings (SSSR count). The van der Waals surface area contributed by atoms with Crippen molar-refractivity contribution in [2.45, 2.75) is 18.4 Å². The van der Waals surface area contributed by atoms with Gasteiger partial charge in [-0.25, -0.2) is 0 Å². The Morgan fingerprint density at radius 1 is 1.50 bits per heavy atom. The van der Waals surface area contributed by atoms with Crippen LogP contribution in [-0.4, -0.2) is 12.1 Å². The first-order chi connectivity index (χ1) is 5.77. The number of rotatable bonds is 2. The SMILES string of the molecule is COC1(c2ccc(Cl)cn2)CC1. The van der Waals surface area contributed by atoms with E-state index in [1.807, 2.05) is 12.1 Å². The molecule has 0 radical (unpaired) electrons. The Hall–Kier alpha value is -0.600. The van der Waals surface area contributed by atoms with E-state index in [9.17, 15) is 0 Å². The zero-order chi connectivity index (χ0) is 8.60. The van der Waals surface area contributed by atoms with Gasteiger partial charge in [-0.1, -0.05) is 11.6 Å². The van der Waals surface area contributed by atoms with E-state index >= 15 is 0 Å². The molecule has 0 saturated heterocycles. The van der Waals surface area contributed by atoms with Crippen molar-refractivity contribution in [1.29, 1.82) is 0 Å². The number of methoxy groups -OCH3 is 1. The number of ether oxygens (including phenoxy) is 1. The molecule has 0 aliphatic heterocycles. The molecule has 0 spiro atoms. The van der Waals surface area contributed by atoms with Crippen LogP contribution in [0.3, 0.4) is 0 Å². The summed E-state index contributed by atoms with van der Waals surface area (Å²) in [6, 6.07) is 3.78. The molecular formula is C9H10ClNO. The summed E-state index contributed by atoms with van der Waals surface area (Å²) in [6.07, 6.45) is 3.80. The molecule has 0 amide bonds. The van der Waals surface area contributed by atoms with Crippen molar-refractivity contribution < 1.29 is 4.74 Å². The molecule has 0 atom stereocenters. The summed E-state index contributed by atoms with van der Waals surface area (Å²) in [5, 5.41) is 0.672. The number of nitrogens with zero attached hydrogens (tertiary/aromatic N) is 1. The van der Waals surface area contributed by atoms with Crippen LogP contribution in [-0.2, 0) is 10.3 Å². The number of hydrogen-bond acceptors (Lipinski definition) is 2. The first-order valence-electron chi connectivity index (χ1n) is 3.94.